The Morgan fingerprint density at radius 3 is 2.60 bits per heavy atom. The molecule has 0 bridgehead atoms. The Morgan fingerprint density at radius 2 is 1.94 bits per heavy atom. The van der Waals surface area contributed by atoms with Crippen molar-refractivity contribution >= 4 is 34.8 Å². The van der Waals surface area contributed by atoms with Gasteiger partial charge in [0.1, 0.15) is 0 Å². The van der Waals surface area contributed by atoms with Gasteiger partial charge in [0.05, 0.1) is 29.7 Å². The zero-order chi connectivity index (χ0) is 24.6. The fraction of sp³-hybridized carbons (Fsp3) is 0.375. The molecule has 2 saturated heterocycles. The molecule has 3 aromatic rings. The molecule has 5 rings (SSSR count). The van der Waals surface area contributed by atoms with Gasteiger partial charge in [-0.2, -0.15) is 4.80 Å². The Kier molecular flexibility index (Phi) is 6.16. The maximum Gasteiger partial charge on any atom is 0.232 e. The van der Waals surface area contributed by atoms with E-state index in [1.54, 1.807) is 11.9 Å². The van der Waals surface area contributed by atoms with Crippen LogP contribution >= 0.6 is 11.6 Å². The Morgan fingerprint density at radius 1 is 1.20 bits per heavy atom. The monoisotopic (exact) mass is 494 g/mol. The van der Waals surface area contributed by atoms with Crippen molar-refractivity contribution in [2.24, 2.45) is 7.05 Å². The van der Waals surface area contributed by atoms with Gasteiger partial charge in [0.25, 0.3) is 0 Å². The van der Waals surface area contributed by atoms with Gasteiger partial charge in [-0.25, -0.2) is 0 Å². The number of aromatic nitrogens is 4. The summed E-state index contributed by atoms with van der Waals surface area (Å²) < 4.78 is 5.42. The summed E-state index contributed by atoms with van der Waals surface area (Å²) in [5, 5.41) is 27.8. The normalized spacial score (nSPS) is 21.2. The summed E-state index contributed by atoms with van der Waals surface area (Å²) in [6.07, 6.45) is 1.67. The Labute approximate surface area is 208 Å². The summed E-state index contributed by atoms with van der Waals surface area (Å²) in [6, 6.07) is 13.3. The zero-order valence-corrected chi connectivity index (χ0v) is 20.3. The molecule has 35 heavy (non-hydrogen) atoms. The van der Waals surface area contributed by atoms with Crippen LogP contribution in [0.5, 0.6) is 0 Å². The number of benzene rings is 2. The van der Waals surface area contributed by atoms with Crippen LogP contribution in [0, 0.1) is 5.41 Å². The van der Waals surface area contributed by atoms with Crippen molar-refractivity contribution in [1.82, 2.24) is 30.4 Å². The number of nitrogens with zero attached hydrogens (tertiary/aromatic N) is 5. The van der Waals surface area contributed by atoms with Crippen LogP contribution in [0.25, 0.3) is 11.4 Å². The zero-order valence-electron chi connectivity index (χ0n) is 19.6. The van der Waals surface area contributed by atoms with E-state index in [1.807, 2.05) is 49.4 Å². The van der Waals surface area contributed by atoms with Crippen LogP contribution in [0.4, 0.5) is 11.4 Å². The first kappa shape index (κ1) is 23.3. The average Bonchev–Trinajstić information content (AvgIpc) is 3.27. The number of tetrazole rings is 1. The van der Waals surface area contributed by atoms with E-state index in [9.17, 15) is 4.79 Å². The molecule has 0 saturated carbocycles. The molecule has 0 radical (unpaired) electrons. The smallest absolute Gasteiger partial charge is 0.232 e. The maximum atomic E-state index is 13.2. The van der Waals surface area contributed by atoms with Crippen molar-refractivity contribution in [3.05, 3.63) is 53.1 Å². The van der Waals surface area contributed by atoms with Crippen LogP contribution in [0.3, 0.4) is 0 Å². The number of halogens is 1. The van der Waals surface area contributed by atoms with Crippen molar-refractivity contribution in [3.8, 4) is 11.4 Å². The summed E-state index contributed by atoms with van der Waals surface area (Å²) in [7, 11) is 1.72. The summed E-state index contributed by atoms with van der Waals surface area (Å²) in [5.41, 5.74) is 2.37. The molecule has 3 heterocycles. The predicted octanol–water partition coefficient (Wildman–Crippen LogP) is 3.42. The Balaban J connectivity index is 1.35. The second-order valence-corrected chi connectivity index (χ2v) is 9.44. The third-order valence-electron chi connectivity index (χ3n) is 6.49. The first-order chi connectivity index (χ1) is 16.8. The van der Waals surface area contributed by atoms with Crippen LogP contribution in [0.15, 0.2) is 42.5 Å². The fourth-order valence-electron chi connectivity index (χ4n) is 4.68. The largest absolute Gasteiger partial charge is 0.381 e. The van der Waals surface area contributed by atoms with Crippen LogP contribution in [0.2, 0.25) is 5.02 Å². The summed E-state index contributed by atoms with van der Waals surface area (Å²) in [6.45, 7) is 3.12. The Hall–Kier alpha value is -3.50. The number of amides is 1. The number of carbonyl (C=O) groups excluding carboxylic acids is 1. The molecule has 0 spiro atoms. The van der Waals surface area contributed by atoms with Gasteiger partial charge in [-0.1, -0.05) is 23.7 Å². The SMILES string of the molecule is Cn1nnc(-c2ccc(Nc3cccc([C@]4(C)CC(=O)N(C5CCOCC5)C(=N)N4)c3Cl)cc2)n1. The highest BCUT2D eigenvalue weighted by Gasteiger charge is 2.43. The minimum Gasteiger partial charge on any atom is -0.381 e. The van der Waals surface area contributed by atoms with Crippen molar-refractivity contribution in [2.45, 2.75) is 37.8 Å². The van der Waals surface area contributed by atoms with Crippen molar-refractivity contribution < 1.29 is 9.53 Å². The molecule has 0 aliphatic carbocycles. The summed E-state index contributed by atoms with van der Waals surface area (Å²) >= 11 is 6.85. The first-order valence-corrected chi connectivity index (χ1v) is 11.9. The minimum absolute atomic E-state index is 0.00990. The molecular formula is C24H27ClN8O2. The van der Waals surface area contributed by atoms with E-state index >= 15 is 0 Å². The average molecular weight is 495 g/mol. The highest BCUT2D eigenvalue weighted by Crippen LogP contribution is 2.39. The van der Waals surface area contributed by atoms with Crippen LogP contribution < -0.4 is 10.6 Å². The summed E-state index contributed by atoms with van der Waals surface area (Å²) in [5.74, 6) is 0.585. The standard InChI is InChI=1S/C24H27ClN8O2/c1-24(14-20(34)33(23(26)28-24)17-10-12-35-13-11-17)18-4-3-5-19(21(18)25)27-16-8-6-15(7-9-16)22-29-31-32(2)30-22/h3-9,17,27H,10-14H2,1-2H3,(H2,26,28)/t24-/m0/s1. The molecule has 2 aliphatic rings. The van der Waals surface area contributed by atoms with E-state index in [-0.39, 0.29) is 24.3 Å². The molecule has 1 aromatic heterocycles. The van der Waals surface area contributed by atoms with Gasteiger partial charge in [-0.05, 0) is 60.9 Å². The number of hydrogen-bond acceptors (Lipinski definition) is 7. The van der Waals surface area contributed by atoms with E-state index in [2.05, 4.69) is 26.0 Å². The van der Waals surface area contributed by atoms with Gasteiger partial charge in [-0.15, -0.1) is 10.2 Å². The number of anilines is 2. The molecule has 1 amide bonds. The molecule has 10 nitrogen and oxygen atoms in total. The van der Waals surface area contributed by atoms with E-state index in [0.717, 1.165) is 29.7 Å². The number of aryl methyl sites for hydroxylation is 1. The number of ether oxygens (including phenoxy) is 1. The second kappa shape index (κ2) is 9.27. The van der Waals surface area contributed by atoms with Crippen LogP contribution in [-0.2, 0) is 22.1 Å². The molecule has 0 unspecified atom stereocenters. The van der Waals surface area contributed by atoms with Crippen LogP contribution in [-0.4, -0.2) is 56.2 Å². The number of rotatable bonds is 5. The van der Waals surface area contributed by atoms with E-state index in [4.69, 9.17) is 21.7 Å². The summed E-state index contributed by atoms with van der Waals surface area (Å²) in [4.78, 5) is 16.2. The lowest BCUT2D eigenvalue weighted by Gasteiger charge is -2.45. The predicted molar refractivity (Wildman–Crippen MR) is 132 cm³/mol. The van der Waals surface area contributed by atoms with Gasteiger partial charge < -0.3 is 15.4 Å². The second-order valence-electron chi connectivity index (χ2n) is 9.06. The fourth-order valence-corrected chi connectivity index (χ4v) is 5.06. The van der Waals surface area contributed by atoms with Crippen molar-refractivity contribution in [2.75, 3.05) is 18.5 Å². The lowest BCUT2D eigenvalue weighted by atomic mass is 9.85. The number of hydrogen-bond donors (Lipinski definition) is 3. The Bertz CT molecular complexity index is 1230. The van der Waals surface area contributed by atoms with Gasteiger partial charge in [-0.3, -0.25) is 15.1 Å². The van der Waals surface area contributed by atoms with Crippen molar-refractivity contribution in [1.29, 1.82) is 5.41 Å². The van der Waals surface area contributed by atoms with Gasteiger partial charge in [0, 0.05) is 30.5 Å². The third-order valence-corrected chi connectivity index (χ3v) is 6.90. The minimum atomic E-state index is -0.799. The molecule has 182 valence electrons. The molecule has 11 heteroatoms. The first-order valence-electron chi connectivity index (χ1n) is 11.5. The number of guanidine groups is 1. The van der Waals surface area contributed by atoms with Gasteiger partial charge >= 0.3 is 0 Å². The van der Waals surface area contributed by atoms with E-state index in [1.165, 1.54) is 4.80 Å². The van der Waals surface area contributed by atoms with Gasteiger partial charge in [0.15, 0.2) is 5.96 Å². The number of carbonyl (C=O) groups is 1. The van der Waals surface area contributed by atoms with Crippen LogP contribution in [0.1, 0.15) is 31.7 Å². The highest BCUT2D eigenvalue weighted by atomic mass is 35.5. The molecule has 2 aliphatic heterocycles. The highest BCUT2D eigenvalue weighted by molar-refractivity contribution is 6.34. The van der Waals surface area contributed by atoms with E-state index in [0.29, 0.717) is 29.7 Å². The van der Waals surface area contributed by atoms with Crippen molar-refractivity contribution in [3.63, 3.8) is 0 Å². The lowest BCUT2D eigenvalue weighted by molar-refractivity contribution is -0.133. The number of nitrogens with one attached hydrogen (secondary N) is 3. The molecule has 2 aromatic carbocycles. The lowest BCUT2D eigenvalue weighted by Crippen LogP contribution is -2.62. The maximum absolute atomic E-state index is 13.2. The quantitative estimate of drug-likeness (QED) is 0.496. The van der Waals surface area contributed by atoms with Gasteiger partial charge in [0.2, 0.25) is 11.7 Å². The molecule has 1 atom stereocenters. The van der Waals surface area contributed by atoms with E-state index < -0.39 is 5.54 Å². The molecule has 3 N–H and O–H groups in total. The third kappa shape index (κ3) is 4.59. The topological polar surface area (TPSA) is 121 Å². The molecule has 2 fully saturated rings. The molecular weight excluding hydrogens is 468 g/mol.